The topological polar surface area (TPSA) is 104 Å². The lowest BCUT2D eigenvalue weighted by Gasteiger charge is -2.22. The number of aliphatic hydroxyl groups excluding tert-OH is 1. The third-order valence-corrected chi connectivity index (χ3v) is 5.03. The Labute approximate surface area is 141 Å². The van der Waals surface area contributed by atoms with Gasteiger partial charge in [-0.3, -0.25) is 4.79 Å². The maximum absolute atomic E-state index is 12.4. The summed E-state index contributed by atoms with van der Waals surface area (Å²) in [6, 6.07) is 1.23. The van der Waals surface area contributed by atoms with Gasteiger partial charge in [-0.1, -0.05) is 6.07 Å². The molecule has 0 heterocycles. The van der Waals surface area contributed by atoms with Gasteiger partial charge in [0.05, 0.1) is 12.1 Å². The van der Waals surface area contributed by atoms with Crippen LogP contribution in [0.4, 0.5) is 10.5 Å². The minimum atomic E-state index is -0.851. The van der Waals surface area contributed by atoms with Gasteiger partial charge in [0.1, 0.15) is 0 Å². The van der Waals surface area contributed by atoms with Crippen LogP contribution in [0, 0.1) is 0 Å². The lowest BCUT2D eigenvalue weighted by Crippen LogP contribution is -2.46. The second-order valence-corrected chi connectivity index (χ2v) is 6.85. The first kappa shape index (κ1) is 16.8. The average Bonchev–Trinajstić information content (AvgIpc) is 3.14. The Morgan fingerprint density at radius 2 is 1.75 bits per heavy atom. The molecule has 0 bridgehead atoms. The number of carbonyl (C=O) groups excluding carboxylic acids is 2. The van der Waals surface area contributed by atoms with Crippen molar-refractivity contribution in [1.29, 1.82) is 0 Å². The molecule has 6 nitrogen and oxygen atoms in total. The molecule has 3 rings (SSSR count). The fourth-order valence-corrected chi connectivity index (χ4v) is 3.84. The highest BCUT2D eigenvalue weighted by Crippen LogP contribution is 2.38. The molecule has 6 heteroatoms. The molecule has 24 heavy (non-hydrogen) atoms. The van der Waals surface area contributed by atoms with E-state index in [-0.39, 0.29) is 6.42 Å². The molecule has 0 saturated heterocycles. The van der Waals surface area contributed by atoms with E-state index in [4.69, 9.17) is 5.73 Å². The van der Waals surface area contributed by atoms with Crippen LogP contribution in [0.15, 0.2) is 6.07 Å². The Morgan fingerprint density at radius 1 is 1.17 bits per heavy atom. The van der Waals surface area contributed by atoms with Crippen molar-refractivity contribution < 1.29 is 14.7 Å². The number of benzene rings is 1. The molecule has 2 atom stereocenters. The van der Waals surface area contributed by atoms with E-state index in [1.165, 1.54) is 29.2 Å². The highest BCUT2D eigenvalue weighted by Gasteiger charge is 2.26. The van der Waals surface area contributed by atoms with Gasteiger partial charge in [0, 0.05) is 12.1 Å². The lowest BCUT2D eigenvalue weighted by molar-refractivity contribution is -0.119. The van der Waals surface area contributed by atoms with Gasteiger partial charge in [0.25, 0.3) is 0 Å². The molecule has 1 aromatic carbocycles. The number of rotatable bonds is 5. The van der Waals surface area contributed by atoms with Crippen LogP contribution in [0.2, 0.25) is 0 Å². The molecule has 0 aliphatic heterocycles. The SMILES string of the molecule is CC(O)[C@@H](CC(N)=O)NC(=O)Nc1c2c(cc3c1CCC3)CCC2. The number of nitrogens with two attached hydrogens (primary N) is 1. The van der Waals surface area contributed by atoms with Gasteiger partial charge in [-0.25, -0.2) is 4.79 Å². The van der Waals surface area contributed by atoms with Gasteiger partial charge in [-0.05, 0) is 67.7 Å². The summed E-state index contributed by atoms with van der Waals surface area (Å²) in [5.41, 5.74) is 11.3. The maximum atomic E-state index is 12.4. The standard InChI is InChI=1S/C18H25N3O3/c1-10(22)15(9-16(19)23)20-18(24)21-17-13-6-2-4-11(13)8-12-5-3-7-14(12)17/h8,10,15,22H,2-7,9H2,1H3,(H2,19,23)(H2,20,21,24)/t10?,15-/m1/s1. The van der Waals surface area contributed by atoms with Crippen molar-refractivity contribution in [2.24, 2.45) is 5.73 Å². The second-order valence-electron chi connectivity index (χ2n) is 6.85. The normalized spacial score (nSPS) is 17.8. The van der Waals surface area contributed by atoms with Crippen LogP contribution < -0.4 is 16.4 Å². The van der Waals surface area contributed by atoms with E-state index in [1.54, 1.807) is 0 Å². The summed E-state index contributed by atoms with van der Waals surface area (Å²) in [6.07, 6.45) is 5.40. The van der Waals surface area contributed by atoms with Crippen LogP contribution in [0.3, 0.4) is 0 Å². The van der Waals surface area contributed by atoms with E-state index in [1.807, 2.05) is 0 Å². The van der Waals surface area contributed by atoms with Crippen LogP contribution in [0.5, 0.6) is 0 Å². The zero-order valence-electron chi connectivity index (χ0n) is 14.0. The quantitative estimate of drug-likeness (QED) is 0.655. The number of aliphatic hydroxyl groups is 1. The van der Waals surface area contributed by atoms with E-state index < -0.39 is 24.1 Å². The highest BCUT2D eigenvalue weighted by molar-refractivity contribution is 5.92. The maximum Gasteiger partial charge on any atom is 0.319 e. The van der Waals surface area contributed by atoms with E-state index in [9.17, 15) is 14.7 Å². The number of amides is 3. The van der Waals surface area contributed by atoms with E-state index in [2.05, 4.69) is 16.7 Å². The van der Waals surface area contributed by atoms with E-state index in [0.29, 0.717) is 0 Å². The molecule has 130 valence electrons. The Bertz CT molecular complexity index is 638. The molecule has 0 spiro atoms. The Balaban J connectivity index is 1.79. The van der Waals surface area contributed by atoms with Crippen molar-refractivity contribution in [3.63, 3.8) is 0 Å². The summed E-state index contributed by atoms with van der Waals surface area (Å²) < 4.78 is 0. The van der Waals surface area contributed by atoms with Crippen molar-refractivity contribution >= 4 is 17.6 Å². The van der Waals surface area contributed by atoms with Gasteiger partial charge in [-0.15, -0.1) is 0 Å². The highest BCUT2D eigenvalue weighted by atomic mass is 16.3. The molecule has 1 aromatic rings. The number of fused-ring (bicyclic) bond motifs is 2. The number of nitrogens with one attached hydrogen (secondary N) is 2. The zero-order chi connectivity index (χ0) is 17.3. The minimum Gasteiger partial charge on any atom is -0.391 e. The van der Waals surface area contributed by atoms with Crippen molar-refractivity contribution in [1.82, 2.24) is 5.32 Å². The number of anilines is 1. The Kier molecular flexibility index (Phi) is 4.76. The first-order valence-corrected chi connectivity index (χ1v) is 8.66. The second kappa shape index (κ2) is 6.81. The number of aryl methyl sites for hydroxylation is 2. The van der Waals surface area contributed by atoms with Gasteiger partial charge < -0.3 is 21.5 Å². The molecule has 0 fully saturated rings. The number of hydrogen-bond donors (Lipinski definition) is 4. The number of carbonyl (C=O) groups is 2. The van der Waals surface area contributed by atoms with Crippen molar-refractivity contribution in [3.05, 3.63) is 28.3 Å². The van der Waals surface area contributed by atoms with Crippen LogP contribution in [0.25, 0.3) is 0 Å². The molecule has 5 N–H and O–H groups in total. The third kappa shape index (κ3) is 3.38. The van der Waals surface area contributed by atoms with E-state index >= 15 is 0 Å². The fourth-order valence-electron chi connectivity index (χ4n) is 3.84. The van der Waals surface area contributed by atoms with E-state index in [0.717, 1.165) is 44.2 Å². The molecule has 2 aliphatic rings. The largest absolute Gasteiger partial charge is 0.391 e. The van der Waals surface area contributed by atoms with Gasteiger partial charge in [0.2, 0.25) is 5.91 Å². The van der Waals surface area contributed by atoms with Crippen LogP contribution >= 0.6 is 0 Å². The number of urea groups is 1. The fraction of sp³-hybridized carbons (Fsp3) is 0.556. The monoisotopic (exact) mass is 331 g/mol. The molecule has 0 saturated carbocycles. The summed E-state index contributed by atoms with van der Waals surface area (Å²) in [5.74, 6) is -0.553. The van der Waals surface area contributed by atoms with Crippen molar-refractivity contribution in [2.75, 3.05) is 5.32 Å². The molecule has 1 unspecified atom stereocenters. The minimum absolute atomic E-state index is 0.0872. The molecular weight excluding hydrogens is 306 g/mol. The molecular formula is C18H25N3O3. The molecule has 0 aromatic heterocycles. The van der Waals surface area contributed by atoms with Gasteiger partial charge in [0.15, 0.2) is 0 Å². The predicted molar refractivity (Wildman–Crippen MR) is 91.9 cm³/mol. The van der Waals surface area contributed by atoms with Crippen LogP contribution in [-0.4, -0.2) is 29.2 Å². The number of primary amides is 1. The van der Waals surface area contributed by atoms with Crippen molar-refractivity contribution in [3.8, 4) is 0 Å². The third-order valence-electron chi connectivity index (χ3n) is 5.03. The summed E-state index contributed by atoms with van der Waals surface area (Å²) in [4.78, 5) is 23.5. The summed E-state index contributed by atoms with van der Waals surface area (Å²) >= 11 is 0. The molecule has 3 amide bonds. The molecule has 2 aliphatic carbocycles. The number of hydrogen-bond acceptors (Lipinski definition) is 3. The zero-order valence-corrected chi connectivity index (χ0v) is 14.0. The van der Waals surface area contributed by atoms with Crippen LogP contribution in [-0.2, 0) is 30.5 Å². The van der Waals surface area contributed by atoms with Gasteiger partial charge >= 0.3 is 6.03 Å². The Morgan fingerprint density at radius 3 is 2.25 bits per heavy atom. The molecule has 0 radical (unpaired) electrons. The first-order chi connectivity index (χ1) is 11.5. The van der Waals surface area contributed by atoms with Crippen LogP contribution in [0.1, 0.15) is 48.4 Å². The first-order valence-electron chi connectivity index (χ1n) is 8.66. The summed E-state index contributed by atoms with van der Waals surface area (Å²) in [5, 5.41) is 15.4. The predicted octanol–water partition coefficient (Wildman–Crippen LogP) is 1.41. The van der Waals surface area contributed by atoms with Crippen molar-refractivity contribution in [2.45, 2.75) is 64.0 Å². The summed E-state index contributed by atoms with van der Waals surface area (Å²) in [6.45, 7) is 1.53. The average molecular weight is 331 g/mol. The smallest absolute Gasteiger partial charge is 0.319 e. The Hall–Kier alpha value is -2.08. The van der Waals surface area contributed by atoms with Gasteiger partial charge in [-0.2, -0.15) is 0 Å². The summed E-state index contributed by atoms with van der Waals surface area (Å²) in [7, 11) is 0. The lowest BCUT2D eigenvalue weighted by atomic mass is 9.99.